The van der Waals surface area contributed by atoms with Gasteiger partial charge in [0.05, 0.1) is 20.6 Å². The first-order valence-electron chi connectivity index (χ1n) is 8.23. The first-order valence-corrected chi connectivity index (χ1v) is 12.4. The molecule has 2 amide bonds. The van der Waals surface area contributed by atoms with Gasteiger partial charge in [-0.15, -0.1) is 0 Å². The molecule has 0 aliphatic carbocycles. The lowest BCUT2D eigenvalue weighted by Crippen LogP contribution is -2.38. The highest BCUT2D eigenvalue weighted by atomic mass is 32.9. The molecule has 10 heteroatoms. The minimum atomic E-state index is -2.77. The molecule has 7 nitrogen and oxygen atoms in total. The SMILES string of the molecule is CCC(C)SP(=S)(N(CC)C(=O)CCC(=O)OC)N(CC)C(=O)OC. The number of ether oxygens (including phenoxy) is 2. The Morgan fingerprint density at radius 3 is 2.00 bits per heavy atom. The van der Waals surface area contributed by atoms with E-state index in [1.807, 2.05) is 27.7 Å². The lowest BCUT2D eigenvalue weighted by molar-refractivity contribution is -0.142. The van der Waals surface area contributed by atoms with Gasteiger partial charge in [0, 0.05) is 24.8 Å². The van der Waals surface area contributed by atoms with E-state index in [4.69, 9.17) is 16.5 Å². The van der Waals surface area contributed by atoms with Crippen LogP contribution in [0.4, 0.5) is 4.79 Å². The molecule has 0 saturated heterocycles. The summed E-state index contributed by atoms with van der Waals surface area (Å²) in [6.07, 6.45) is 0.300. The normalized spacial score (nSPS) is 14.2. The standard InChI is InChI=1S/C15H29N2O5PS2/c1-7-12(4)25-23(24,17(9-3)15(20)22-6)16(8-2)13(18)10-11-14(19)21-5/h12H,7-11H2,1-6H3. The molecule has 146 valence electrons. The summed E-state index contributed by atoms with van der Waals surface area (Å²) >= 11 is 7.37. The predicted molar refractivity (Wildman–Crippen MR) is 105 cm³/mol. The lowest BCUT2D eigenvalue weighted by Gasteiger charge is -2.41. The molecule has 0 rings (SSSR count). The number of amides is 2. The Kier molecular flexibility index (Phi) is 11.4. The molecule has 0 aliphatic rings. The minimum absolute atomic E-state index is 0.00129. The van der Waals surface area contributed by atoms with Crippen molar-refractivity contribution >= 4 is 46.7 Å². The molecule has 0 bridgehead atoms. The van der Waals surface area contributed by atoms with E-state index in [1.54, 1.807) is 4.67 Å². The van der Waals surface area contributed by atoms with Crippen molar-refractivity contribution in [3.05, 3.63) is 0 Å². The van der Waals surface area contributed by atoms with Gasteiger partial charge in [-0.3, -0.25) is 18.9 Å². The Labute approximate surface area is 159 Å². The number of carbonyl (C=O) groups is 3. The average molecular weight is 413 g/mol. The third-order valence-electron chi connectivity index (χ3n) is 3.55. The second kappa shape index (κ2) is 11.8. The molecule has 0 aromatic carbocycles. The summed E-state index contributed by atoms with van der Waals surface area (Å²) in [5, 5.41) is 0.173. The smallest absolute Gasteiger partial charge is 0.415 e. The summed E-state index contributed by atoms with van der Waals surface area (Å²) in [5.41, 5.74) is -2.77. The minimum Gasteiger partial charge on any atom is -0.469 e. The van der Waals surface area contributed by atoms with Crippen LogP contribution in [0.25, 0.3) is 0 Å². The van der Waals surface area contributed by atoms with Crippen LogP contribution in [-0.4, -0.2) is 59.9 Å². The zero-order chi connectivity index (χ0) is 19.6. The fraction of sp³-hybridized carbons (Fsp3) is 0.800. The van der Waals surface area contributed by atoms with E-state index in [2.05, 4.69) is 4.74 Å². The van der Waals surface area contributed by atoms with Crippen LogP contribution >= 0.6 is 16.9 Å². The van der Waals surface area contributed by atoms with Gasteiger partial charge in [0.15, 0.2) is 5.54 Å². The summed E-state index contributed by atoms with van der Waals surface area (Å²) in [6.45, 7) is 8.37. The van der Waals surface area contributed by atoms with Gasteiger partial charge in [-0.05, 0) is 32.1 Å². The van der Waals surface area contributed by atoms with Gasteiger partial charge in [0.2, 0.25) is 5.91 Å². The highest BCUT2D eigenvalue weighted by molar-refractivity contribution is 8.69. The van der Waals surface area contributed by atoms with E-state index in [9.17, 15) is 14.4 Å². The third-order valence-corrected chi connectivity index (χ3v) is 11.7. The van der Waals surface area contributed by atoms with Crippen molar-refractivity contribution < 1.29 is 23.9 Å². The quantitative estimate of drug-likeness (QED) is 0.400. The Morgan fingerprint density at radius 2 is 1.60 bits per heavy atom. The van der Waals surface area contributed by atoms with E-state index in [1.165, 1.54) is 30.3 Å². The van der Waals surface area contributed by atoms with Gasteiger partial charge >= 0.3 is 12.1 Å². The van der Waals surface area contributed by atoms with Crippen molar-refractivity contribution in [3.8, 4) is 0 Å². The Morgan fingerprint density at radius 1 is 1.04 bits per heavy atom. The van der Waals surface area contributed by atoms with Crippen LogP contribution < -0.4 is 0 Å². The molecule has 0 N–H and O–H groups in total. The van der Waals surface area contributed by atoms with E-state index < -0.39 is 17.6 Å². The van der Waals surface area contributed by atoms with Crippen molar-refractivity contribution in [2.45, 2.75) is 52.2 Å². The fourth-order valence-corrected chi connectivity index (χ4v) is 10.7. The monoisotopic (exact) mass is 412 g/mol. The number of esters is 1. The highest BCUT2D eigenvalue weighted by Crippen LogP contribution is 2.66. The van der Waals surface area contributed by atoms with Gasteiger partial charge in [-0.2, -0.15) is 0 Å². The number of carbonyl (C=O) groups excluding carboxylic acids is 3. The summed E-state index contributed by atoms with van der Waals surface area (Å²) in [6, 6.07) is 0. The largest absolute Gasteiger partial charge is 0.469 e. The lowest BCUT2D eigenvalue weighted by atomic mass is 10.3. The average Bonchev–Trinajstić information content (AvgIpc) is 2.59. The van der Waals surface area contributed by atoms with Gasteiger partial charge in [0.1, 0.15) is 0 Å². The van der Waals surface area contributed by atoms with Gasteiger partial charge < -0.3 is 9.47 Å². The van der Waals surface area contributed by atoms with Gasteiger partial charge in [-0.1, -0.05) is 25.2 Å². The first kappa shape index (κ1) is 24.2. The first-order chi connectivity index (χ1) is 11.7. The van der Waals surface area contributed by atoms with Gasteiger partial charge in [-0.25, -0.2) is 4.79 Å². The summed E-state index contributed by atoms with van der Waals surface area (Å²) in [4.78, 5) is 36.3. The van der Waals surface area contributed by atoms with E-state index in [-0.39, 0.29) is 24.0 Å². The maximum absolute atomic E-state index is 12.7. The van der Waals surface area contributed by atoms with Crippen molar-refractivity contribution in [2.75, 3.05) is 27.3 Å². The fourth-order valence-electron chi connectivity index (χ4n) is 2.01. The Hall–Kier alpha value is -0.790. The molecule has 0 spiro atoms. The molecule has 0 fully saturated rings. The molecule has 0 aliphatic heterocycles. The second-order valence-electron chi connectivity index (χ2n) is 5.19. The number of hydrogen-bond donors (Lipinski definition) is 0. The van der Waals surface area contributed by atoms with Crippen molar-refractivity contribution in [2.24, 2.45) is 0 Å². The molecule has 25 heavy (non-hydrogen) atoms. The van der Waals surface area contributed by atoms with E-state index in [0.717, 1.165) is 6.42 Å². The molecule has 0 saturated carbocycles. The molecule has 0 heterocycles. The van der Waals surface area contributed by atoms with Crippen LogP contribution in [0.5, 0.6) is 0 Å². The number of hydrogen-bond acceptors (Lipinski definition) is 7. The van der Waals surface area contributed by atoms with Crippen LogP contribution in [0, 0.1) is 0 Å². The summed E-state index contributed by atoms with van der Waals surface area (Å²) in [7, 11) is 2.58. The third kappa shape index (κ3) is 6.79. The number of nitrogens with zero attached hydrogens (tertiary/aromatic N) is 2. The zero-order valence-electron chi connectivity index (χ0n) is 15.8. The zero-order valence-corrected chi connectivity index (χ0v) is 18.3. The molecular weight excluding hydrogens is 383 g/mol. The second-order valence-corrected chi connectivity index (χ2v) is 12.5. The van der Waals surface area contributed by atoms with Gasteiger partial charge in [0.25, 0.3) is 0 Å². The maximum atomic E-state index is 12.7. The summed E-state index contributed by atoms with van der Waals surface area (Å²) < 4.78 is 12.5. The molecule has 0 aromatic rings. The maximum Gasteiger partial charge on any atom is 0.415 e. The molecule has 0 aromatic heterocycles. The van der Waals surface area contributed by atoms with Crippen LogP contribution in [0.1, 0.15) is 47.0 Å². The van der Waals surface area contributed by atoms with E-state index in [0.29, 0.717) is 13.1 Å². The van der Waals surface area contributed by atoms with Crippen LogP contribution in [0.15, 0.2) is 0 Å². The number of rotatable bonds is 10. The highest BCUT2D eigenvalue weighted by Gasteiger charge is 2.39. The molecular formula is C15H29N2O5PS2. The van der Waals surface area contributed by atoms with Crippen LogP contribution in [0.3, 0.4) is 0 Å². The molecule has 2 unspecified atom stereocenters. The Balaban J connectivity index is 5.73. The number of methoxy groups -OCH3 is 2. The molecule has 0 radical (unpaired) electrons. The topological polar surface area (TPSA) is 76.2 Å². The predicted octanol–water partition coefficient (Wildman–Crippen LogP) is 3.63. The van der Waals surface area contributed by atoms with Crippen molar-refractivity contribution in [1.29, 1.82) is 0 Å². The van der Waals surface area contributed by atoms with Crippen molar-refractivity contribution in [1.82, 2.24) is 9.34 Å². The van der Waals surface area contributed by atoms with Crippen molar-refractivity contribution in [3.63, 3.8) is 0 Å². The Bertz CT molecular complexity index is 518. The summed E-state index contributed by atoms with van der Waals surface area (Å²) in [5.74, 6) is -0.706. The molecule has 2 atom stereocenters. The van der Waals surface area contributed by atoms with E-state index >= 15 is 0 Å². The van der Waals surface area contributed by atoms with Crippen LogP contribution in [-0.2, 0) is 30.9 Å². The van der Waals surface area contributed by atoms with Crippen LogP contribution in [0.2, 0.25) is 0 Å².